The van der Waals surface area contributed by atoms with Crippen LogP contribution in [0.4, 0.5) is 9.18 Å². The van der Waals surface area contributed by atoms with Gasteiger partial charge in [-0.2, -0.15) is 0 Å². The third-order valence-corrected chi connectivity index (χ3v) is 4.97. The topological polar surface area (TPSA) is 76.2 Å². The largest absolute Gasteiger partial charge is 0.513 e. The molecule has 2 aromatic rings. The van der Waals surface area contributed by atoms with Crippen molar-refractivity contribution in [1.29, 1.82) is 0 Å². The summed E-state index contributed by atoms with van der Waals surface area (Å²) in [4.78, 5) is 40.3. The summed E-state index contributed by atoms with van der Waals surface area (Å²) in [5.41, 5.74) is 1.23. The van der Waals surface area contributed by atoms with E-state index >= 15 is 0 Å². The Hall–Kier alpha value is -3.42. The van der Waals surface area contributed by atoms with Crippen LogP contribution in [0.15, 0.2) is 48.5 Å². The molecule has 3 rings (SSSR count). The summed E-state index contributed by atoms with van der Waals surface area (Å²) in [6.07, 6.45) is 0.0840. The highest BCUT2D eigenvalue weighted by Gasteiger charge is 2.23. The minimum atomic E-state index is -0.792. The van der Waals surface area contributed by atoms with Crippen molar-refractivity contribution in [1.82, 2.24) is 9.80 Å². The molecule has 1 aliphatic rings. The second-order valence-electron chi connectivity index (χ2n) is 7.14. The Morgan fingerprint density at radius 1 is 0.903 bits per heavy atom. The lowest BCUT2D eigenvalue weighted by Crippen LogP contribution is -2.38. The molecule has 8 heteroatoms. The van der Waals surface area contributed by atoms with Crippen LogP contribution in [0.1, 0.15) is 29.3 Å². The molecule has 0 atom stereocenters. The molecule has 0 N–H and O–H groups in total. The first-order chi connectivity index (χ1) is 15.0. The Labute approximate surface area is 180 Å². The van der Waals surface area contributed by atoms with Crippen molar-refractivity contribution in [2.45, 2.75) is 19.8 Å². The van der Waals surface area contributed by atoms with Crippen molar-refractivity contribution < 1.29 is 28.2 Å². The van der Waals surface area contributed by atoms with Gasteiger partial charge in [-0.25, -0.2) is 9.18 Å². The number of hydrogen-bond donors (Lipinski definition) is 0. The number of halogens is 1. The quantitative estimate of drug-likeness (QED) is 0.540. The molecule has 2 aromatic carbocycles. The van der Waals surface area contributed by atoms with Crippen LogP contribution < -0.4 is 4.74 Å². The minimum absolute atomic E-state index is 0.0404. The Balaban J connectivity index is 1.54. The van der Waals surface area contributed by atoms with E-state index in [-0.39, 0.29) is 30.7 Å². The first kappa shape index (κ1) is 22.3. The molecule has 1 heterocycles. The molecule has 7 nitrogen and oxygen atoms in total. The van der Waals surface area contributed by atoms with Gasteiger partial charge in [-0.1, -0.05) is 12.1 Å². The standard InChI is InChI=1S/C23H25FN2O5/c1-2-30-23(29)31-20-10-6-18(7-11-20)22(28)26-13-3-12-25(14-15-26)21(27)16-17-4-8-19(24)9-5-17/h4-11H,2-3,12-16H2,1H3. The van der Waals surface area contributed by atoms with E-state index in [0.717, 1.165) is 5.56 Å². The highest BCUT2D eigenvalue weighted by molar-refractivity contribution is 5.94. The van der Waals surface area contributed by atoms with Gasteiger partial charge < -0.3 is 19.3 Å². The molecule has 2 amide bonds. The lowest BCUT2D eigenvalue weighted by atomic mass is 10.1. The van der Waals surface area contributed by atoms with Crippen LogP contribution in [0.5, 0.6) is 5.75 Å². The number of hydrogen-bond acceptors (Lipinski definition) is 5. The van der Waals surface area contributed by atoms with Gasteiger partial charge >= 0.3 is 6.16 Å². The van der Waals surface area contributed by atoms with Crippen LogP contribution in [-0.4, -0.2) is 60.6 Å². The summed E-state index contributed by atoms with van der Waals surface area (Å²) in [7, 11) is 0. The molecule has 0 radical (unpaired) electrons. The molecule has 164 valence electrons. The summed E-state index contributed by atoms with van der Waals surface area (Å²) < 4.78 is 22.8. The normalized spacial score (nSPS) is 14.0. The lowest BCUT2D eigenvalue weighted by molar-refractivity contribution is -0.130. The number of nitrogens with zero attached hydrogens (tertiary/aromatic N) is 2. The Kier molecular flexibility index (Phi) is 7.59. The van der Waals surface area contributed by atoms with Crippen LogP contribution in [0.3, 0.4) is 0 Å². The average Bonchev–Trinajstić information content (AvgIpc) is 3.02. The zero-order valence-corrected chi connectivity index (χ0v) is 17.4. The van der Waals surface area contributed by atoms with Crippen LogP contribution in [0.2, 0.25) is 0 Å². The Morgan fingerprint density at radius 3 is 2.23 bits per heavy atom. The number of benzene rings is 2. The third-order valence-electron chi connectivity index (χ3n) is 4.97. The van der Waals surface area contributed by atoms with E-state index in [2.05, 4.69) is 0 Å². The van der Waals surface area contributed by atoms with Crippen LogP contribution in [0.25, 0.3) is 0 Å². The van der Waals surface area contributed by atoms with E-state index < -0.39 is 6.16 Å². The first-order valence-electron chi connectivity index (χ1n) is 10.2. The van der Waals surface area contributed by atoms with Crippen LogP contribution >= 0.6 is 0 Å². The summed E-state index contributed by atoms with van der Waals surface area (Å²) in [5.74, 6) is -0.221. The number of rotatable bonds is 5. The first-order valence-corrected chi connectivity index (χ1v) is 10.2. The molecule has 0 bridgehead atoms. The smallest absolute Gasteiger partial charge is 0.434 e. The molecule has 1 saturated heterocycles. The fourth-order valence-electron chi connectivity index (χ4n) is 3.35. The van der Waals surface area contributed by atoms with Crippen molar-refractivity contribution >= 4 is 18.0 Å². The van der Waals surface area contributed by atoms with E-state index in [0.29, 0.717) is 43.9 Å². The maximum atomic E-state index is 13.0. The van der Waals surface area contributed by atoms with Gasteiger partial charge in [0.15, 0.2) is 0 Å². The summed E-state index contributed by atoms with van der Waals surface area (Å²) in [6.45, 7) is 3.87. The zero-order chi connectivity index (χ0) is 22.2. The fourth-order valence-corrected chi connectivity index (χ4v) is 3.35. The van der Waals surface area contributed by atoms with E-state index in [9.17, 15) is 18.8 Å². The number of ether oxygens (including phenoxy) is 2. The SMILES string of the molecule is CCOC(=O)Oc1ccc(C(=O)N2CCCN(C(=O)Cc3ccc(F)cc3)CC2)cc1. The molecular weight excluding hydrogens is 403 g/mol. The predicted molar refractivity (Wildman–Crippen MR) is 111 cm³/mol. The highest BCUT2D eigenvalue weighted by Crippen LogP contribution is 2.16. The molecule has 1 aliphatic heterocycles. The summed E-state index contributed by atoms with van der Waals surface area (Å²) in [6, 6.07) is 12.2. The molecular formula is C23H25FN2O5. The lowest BCUT2D eigenvalue weighted by Gasteiger charge is -2.22. The van der Waals surface area contributed by atoms with Crippen LogP contribution in [-0.2, 0) is 16.0 Å². The Morgan fingerprint density at radius 2 is 1.55 bits per heavy atom. The van der Waals surface area contributed by atoms with Crippen molar-refractivity contribution in [3.8, 4) is 5.75 Å². The summed E-state index contributed by atoms with van der Waals surface area (Å²) >= 11 is 0. The van der Waals surface area contributed by atoms with Crippen molar-refractivity contribution in [2.24, 2.45) is 0 Å². The molecule has 0 spiro atoms. The van der Waals surface area contributed by atoms with E-state index in [1.54, 1.807) is 53.1 Å². The zero-order valence-electron chi connectivity index (χ0n) is 17.4. The van der Waals surface area contributed by atoms with Gasteiger partial charge in [0.25, 0.3) is 5.91 Å². The van der Waals surface area contributed by atoms with Gasteiger partial charge in [0, 0.05) is 31.7 Å². The van der Waals surface area contributed by atoms with Gasteiger partial charge in [0.05, 0.1) is 13.0 Å². The van der Waals surface area contributed by atoms with Gasteiger partial charge in [-0.3, -0.25) is 9.59 Å². The molecule has 0 aliphatic carbocycles. The molecule has 31 heavy (non-hydrogen) atoms. The van der Waals surface area contributed by atoms with Gasteiger partial charge in [0.2, 0.25) is 5.91 Å². The summed E-state index contributed by atoms with van der Waals surface area (Å²) in [5, 5.41) is 0. The number of carbonyl (C=O) groups excluding carboxylic acids is 3. The molecule has 1 fully saturated rings. The Bertz CT molecular complexity index is 915. The average molecular weight is 428 g/mol. The second-order valence-corrected chi connectivity index (χ2v) is 7.14. The van der Waals surface area contributed by atoms with Crippen LogP contribution in [0, 0.1) is 5.82 Å². The molecule has 0 aromatic heterocycles. The molecule has 0 saturated carbocycles. The monoisotopic (exact) mass is 428 g/mol. The van der Waals surface area contributed by atoms with Gasteiger partial charge in [0.1, 0.15) is 11.6 Å². The van der Waals surface area contributed by atoms with Gasteiger partial charge in [-0.05, 0) is 55.3 Å². The molecule has 0 unspecified atom stereocenters. The number of carbonyl (C=O) groups is 3. The maximum absolute atomic E-state index is 13.0. The predicted octanol–water partition coefficient (Wildman–Crippen LogP) is 3.28. The van der Waals surface area contributed by atoms with E-state index in [4.69, 9.17) is 9.47 Å². The minimum Gasteiger partial charge on any atom is -0.434 e. The van der Waals surface area contributed by atoms with E-state index in [1.807, 2.05) is 0 Å². The maximum Gasteiger partial charge on any atom is 0.513 e. The van der Waals surface area contributed by atoms with Crippen molar-refractivity contribution in [3.63, 3.8) is 0 Å². The fraction of sp³-hybridized carbons (Fsp3) is 0.348. The van der Waals surface area contributed by atoms with Crippen molar-refractivity contribution in [2.75, 3.05) is 32.8 Å². The third kappa shape index (κ3) is 6.28. The number of amides is 2. The van der Waals surface area contributed by atoms with Crippen molar-refractivity contribution in [3.05, 3.63) is 65.5 Å². The highest BCUT2D eigenvalue weighted by atomic mass is 19.1. The second kappa shape index (κ2) is 10.6. The van der Waals surface area contributed by atoms with E-state index in [1.165, 1.54) is 12.1 Å². The van der Waals surface area contributed by atoms with Gasteiger partial charge in [-0.15, -0.1) is 0 Å².